The van der Waals surface area contributed by atoms with Crippen LogP contribution in [0.2, 0.25) is 0 Å². The maximum Gasteiger partial charge on any atom is 0.0620 e. The van der Waals surface area contributed by atoms with Gasteiger partial charge in [0.1, 0.15) is 0 Å². The van der Waals surface area contributed by atoms with Crippen LogP contribution in [0.25, 0.3) is 154 Å². The summed E-state index contributed by atoms with van der Waals surface area (Å²) >= 11 is 0. The van der Waals surface area contributed by atoms with E-state index >= 15 is 0 Å². The predicted octanol–water partition coefficient (Wildman–Crippen LogP) is 20.7. The van der Waals surface area contributed by atoms with Gasteiger partial charge in [-0.3, -0.25) is 0 Å². The smallest absolute Gasteiger partial charge is 0.0620 e. The van der Waals surface area contributed by atoms with E-state index in [9.17, 15) is 0 Å². The molecule has 382 valence electrons. The van der Waals surface area contributed by atoms with Crippen LogP contribution in [-0.4, -0.2) is 18.3 Å². The summed E-state index contributed by atoms with van der Waals surface area (Å²) in [6.07, 6.45) is 0. The lowest BCUT2D eigenvalue weighted by atomic mass is 9.94. The van der Waals surface area contributed by atoms with Gasteiger partial charge in [0, 0.05) is 77.0 Å². The van der Waals surface area contributed by atoms with Crippen molar-refractivity contribution in [1.29, 1.82) is 0 Å². The molecule has 0 bridgehead atoms. The molecule has 0 amide bonds. The number of benzene rings is 13. The van der Waals surface area contributed by atoms with Crippen LogP contribution in [0, 0.1) is 0 Å². The molecule has 4 aromatic heterocycles. The van der Waals surface area contributed by atoms with Crippen molar-refractivity contribution in [3.05, 3.63) is 303 Å². The van der Waals surface area contributed by atoms with Gasteiger partial charge >= 0.3 is 0 Å². The standard InChI is InChI=1S/C78H50N4/c1-5-21-51(22-6-1)73-67-49-45-59-60-46-50-68-74(52-23-7-2-8-24-52)76(54-27-11-4-12-28-54)82(58-43-39-56(40-44-58)80-71-35-19-15-31-63(71)64-32-16-20-36-72(64)80)78(68)66(60)48-47-65(59)77(67)81(75(73)53-25-9-3-10-26-53)57-41-37-55(38-42-57)79-69-33-17-13-29-61(69)62-30-14-18-34-70(62)79/h1-50H. The summed E-state index contributed by atoms with van der Waals surface area (Å²) in [5, 5.41) is 12.2. The molecule has 0 N–H and O–H groups in total. The van der Waals surface area contributed by atoms with Crippen LogP contribution < -0.4 is 0 Å². The third-order valence-electron chi connectivity index (χ3n) is 17.2. The van der Waals surface area contributed by atoms with Gasteiger partial charge in [-0.2, -0.15) is 0 Å². The van der Waals surface area contributed by atoms with Crippen LogP contribution in [0.1, 0.15) is 0 Å². The number of rotatable bonds is 8. The highest BCUT2D eigenvalue weighted by Gasteiger charge is 2.27. The minimum atomic E-state index is 1.09. The van der Waals surface area contributed by atoms with Crippen LogP contribution in [0.15, 0.2) is 303 Å². The lowest BCUT2D eigenvalue weighted by Crippen LogP contribution is -2.00. The minimum absolute atomic E-state index is 1.09. The van der Waals surface area contributed by atoms with Crippen molar-refractivity contribution in [3.8, 4) is 67.5 Å². The monoisotopic (exact) mass is 1040 g/mol. The van der Waals surface area contributed by atoms with Crippen LogP contribution in [0.4, 0.5) is 0 Å². The third kappa shape index (κ3) is 6.85. The second-order valence-electron chi connectivity index (χ2n) is 21.5. The van der Waals surface area contributed by atoms with Gasteiger partial charge < -0.3 is 18.3 Å². The fraction of sp³-hybridized carbons (Fsp3) is 0. The SMILES string of the molecule is c1ccc(-c2c(-c3ccccc3)n(-c3ccc(-n4c5ccccc5c5ccccc54)cc3)c3c2ccc2c4ccc5c(-c6ccccc6)c(-c6ccccc6)n(-c6ccc(-n7c8ccccc8c8ccccc87)cc6)c5c4ccc23)cc1. The Hall–Kier alpha value is -10.9. The van der Waals surface area contributed by atoms with E-state index in [-0.39, 0.29) is 0 Å². The van der Waals surface area contributed by atoms with E-state index < -0.39 is 0 Å². The van der Waals surface area contributed by atoms with Gasteiger partial charge in [0.15, 0.2) is 0 Å². The molecular weight excluding hydrogens is 993 g/mol. The molecule has 0 fully saturated rings. The van der Waals surface area contributed by atoms with Gasteiger partial charge in [-0.05, 0) is 106 Å². The van der Waals surface area contributed by atoms with Crippen molar-refractivity contribution < 1.29 is 0 Å². The lowest BCUT2D eigenvalue weighted by Gasteiger charge is -2.17. The largest absolute Gasteiger partial charge is 0.309 e. The topological polar surface area (TPSA) is 19.7 Å². The van der Waals surface area contributed by atoms with Gasteiger partial charge in [0.25, 0.3) is 0 Å². The molecule has 17 aromatic rings. The van der Waals surface area contributed by atoms with E-state index in [1.165, 1.54) is 109 Å². The number of fused-ring (bicyclic) bond motifs is 13. The molecule has 0 spiro atoms. The second-order valence-corrected chi connectivity index (χ2v) is 21.5. The summed E-state index contributed by atoms with van der Waals surface area (Å²) < 4.78 is 9.89. The first-order valence-electron chi connectivity index (χ1n) is 28.3. The third-order valence-corrected chi connectivity index (χ3v) is 17.2. The first-order valence-corrected chi connectivity index (χ1v) is 28.3. The summed E-state index contributed by atoms with van der Waals surface area (Å²) in [5.74, 6) is 0. The molecule has 13 aromatic carbocycles. The number of hydrogen-bond donors (Lipinski definition) is 0. The zero-order chi connectivity index (χ0) is 53.8. The molecular formula is C78H50N4. The fourth-order valence-electron chi connectivity index (χ4n) is 13.7. The van der Waals surface area contributed by atoms with Gasteiger partial charge in [-0.15, -0.1) is 0 Å². The van der Waals surface area contributed by atoms with Crippen molar-refractivity contribution in [2.45, 2.75) is 0 Å². The quantitative estimate of drug-likeness (QED) is 0.135. The Balaban J connectivity index is 0.942. The Bertz CT molecular complexity index is 4890. The zero-order valence-electron chi connectivity index (χ0n) is 44.7. The predicted molar refractivity (Wildman–Crippen MR) is 346 cm³/mol. The summed E-state index contributed by atoms with van der Waals surface area (Å²) in [5.41, 5.74) is 21.0. The van der Waals surface area contributed by atoms with E-state index in [0.717, 1.165) is 45.3 Å². The Morgan fingerprint density at radius 3 is 0.720 bits per heavy atom. The van der Waals surface area contributed by atoms with Crippen molar-refractivity contribution in [3.63, 3.8) is 0 Å². The number of nitrogens with zero attached hydrogens (tertiary/aromatic N) is 4. The Morgan fingerprint density at radius 2 is 0.402 bits per heavy atom. The first-order chi connectivity index (χ1) is 40.7. The molecule has 4 nitrogen and oxygen atoms in total. The van der Waals surface area contributed by atoms with Crippen LogP contribution in [0.3, 0.4) is 0 Å². The van der Waals surface area contributed by atoms with Gasteiger partial charge in [0.05, 0.1) is 44.5 Å². The molecule has 0 saturated carbocycles. The fourth-order valence-corrected chi connectivity index (χ4v) is 13.7. The lowest BCUT2D eigenvalue weighted by molar-refractivity contribution is 1.12. The average Bonchev–Trinajstić information content (AvgIpc) is 2.96. The summed E-state index contributed by atoms with van der Waals surface area (Å²) in [6, 6.07) is 112. The van der Waals surface area contributed by atoms with Crippen molar-refractivity contribution in [2.24, 2.45) is 0 Å². The molecule has 4 heteroatoms. The van der Waals surface area contributed by atoms with Crippen molar-refractivity contribution in [1.82, 2.24) is 18.3 Å². The molecule has 0 radical (unpaired) electrons. The van der Waals surface area contributed by atoms with Crippen LogP contribution in [-0.2, 0) is 0 Å². The Kier molecular flexibility index (Phi) is 10.3. The van der Waals surface area contributed by atoms with E-state index in [0.29, 0.717) is 0 Å². The summed E-state index contributed by atoms with van der Waals surface area (Å²) in [7, 11) is 0. The minimum Gasteiger partial charge on any atom is -0.309 e. The molecule has 82 heavy (non-hydrogen) atoms. The number of aromatic nitrogens is 4. The van der Waals surface area contributed by atoms with Crippen LogP contribution >= 0.6 is 0 Å². The average molecular weight is 1040 g/mol. The van der Waals surface area contributed by atoms with Crippen molar-refractivity contribution in [2.75, 3.05) is 0 Å². The molecule has 4 heterocycles. The summed E-state index contributed by atoms with van der Waals surface area (Å²) in [4.78, 5) is 0. The van der Waals surface area contributed by atoms with E-state index in [1.54, 1.807) is 0 Å². The molecule has 0 aliphatic rings. The number of hydrogen-bond acceptors (Lipinski definition) is 0. The highest BCUT2D eigenvalue weighted by Crippen LogP contribution is 2.50. The molecule has 0 aliphatic carbocycles. The normalized spacial score (nSPS) is 11.9. The molecule has 17 rings (SSSR count). The van der Waals surface area contributed by atoms with E-state index in [4.69, 9.17) is 0 Å². The Morgan fingerprint density at radius 1 is 0.159 bits per heavy atom. The Labute approximate surface area is 473 Å². The number of para-hydroxylation sites is 4. The van der Waals surface area contributed by atoms with Gasteiger partial charge in [0.2, 0.25) is 0 Å². The van der Waals surface area contributed by atoms with Gasteiger partial charge in [-0.25, -0.2) is 0 Å². The zero-order valence-corrected chi connectivity index (χ0v) is 44.7. The second kappa shape index (κ2) is 18.3. The maximum absolute atomic E-state index is 2.54. The summed E-state index contributed by atoms with van der Waals surface area (Å²) in [6.45, 7) is 0. The maximum atomic E-state index is 2.54. The van der Waals surface area contributed by atoms with E-state index in [2.05, 4.69) is 322 Å². The van der Waals surface area contributed by atoms with Crippen molar-refractivity contribution >= 4 is 87.0 Å². The van der Waals surface area contributed by atoms with Gasteiger partial charge in [-0.1, -0.05) is 231 Å². The molecule has 0 aliphatic heterocycles. The molecule has 0 saturated heterocycles. The van der Waals surface area contributed by atoms with Crippen LogP contribution in [0.5, 0.6) is 0 Å². The van der Waals surface area contributed by atoms with E-state index in [1.807, 2.05) is 0 Å². The first kappa shape index (κ1) is 46.0. The highest BCUT2D eigenvalue weighted by atomic mass is 15.0. The highest BCUT2D eigenvalue weighted by molar-refractivity contribution is 6.26. The molecule has 0 atom stereocenters. The molecule has 0 unspecified atom stereocenters.